The lowest BCUT2D eigenvalue weighted by Gasteiger charge is -2.12. The van der Waals surface area contributed by atoms with Gasteiger partial charge < -0.3 is 15.8 Å². The SMILES string of the molecule is NCc1cccc(Br)c1OCC(=O)Nc1ccc(F)cc1. The highest BCUT2D eigenvalue weighted by molar-refractivity contribution is 9.10. The first kappa shape index (κ1) is 15.5. The van der Waals surface area contributed by atoms with E-state index < -0.39 is 0 Å². The molecule has 0 aliphatic rings. The normalized spacial score (nSPS) is 10.2. The number of nitrogens with two attached hydrogens (primary N) is 1. The van der Waals surface area contributed by atoms with Crippen LogP contribution in [0.1, 0.15) is 5.56 Å². The van der Waals surface area contributed by atoms with Crippen LogP contribution in [0.2, 0.25) is 0 Å². The first-order valence-electron chi connectivity index (χ1n) is 6.26. The molecule has 0 bridgehead atoms. The first-order chi connectivity index (χ1) is 10.1. The van der Waals surface area contributed by atoms with Crippen LogP contribution >= 0.6 is 15.9 Å². The van der Waals surface area contributed by atoms with Crippen LogP contribution in [0.25, 0.3) is 0 Å². The van der Waals surface area contributed by atoms with E-state index in [4.69, 9.17) is 10.5 Å². The van der Waals surface area contributed by atoms with Gasteiger partial charge in [-0.2, -0.15) is 0 Å². The van der Waals surface area contributed by atoms with Crippen molar-refractivity contribution in [2.75, 3.05) is 11.9 Å². The van der Waals surface area contributed by atoms with Gasteiger partial charge in [0.05, 0.1) is 4.47 Å². The highest BCUT2D eigenvalue weighted by Crippen LogP contribution is 2.28. The molecule has 2 rings (SSSR count). The van der Waals surface area contributed by atoms with Crippen LogP contribution in [0, 0.1) is 5.82 Å². The van der Waals surface area contributed by atoms with Crippen molar-refractivity contribution in [2.45, 2.75) is 6.54 Å². The van der Waals surface area contributed by atoms with E-state index in [9.17, 15) is 9.18 Å². The van der Waals surface area contributed by atoms with Gasteiger partial charge in [-0.05, 0) is 46.3 Å². The second kappa shape index (κ2) is 7.19. The highest BCUT2D eigenvalue weighted by Gasteiger charge is 2.10. The summed E-state index contributed by atoms with van der Waals surface area (Å²) in [5, 5.41) is 2.62. The summed E-state index contributed by atoms with van der Waals surface area (Å²) in [6, 6.07) is 11.0. The van der Waals surface area contributed by atoms with Crippen molar-refractivity contribution in [1.29, 1.82) is 0 Å². The van der Waals surface area contributed by atoms with Gasteiger partial charge in [-0.1, -0.05) is 12.1 Å². The van der Waals surface area contributed by atoms with Crippen LogP contribution < -0.4 is 15.8 Å². The van der Waals surface area contributed by atoms with E-state index in [1.807, 2.05) is 18.2 Å². The fourth-order valence-electron chi connectivity index (χ4n) is 1.74. The van der Waals surface area contributed by atoms with Crippen LogP contribution in [0.3, 0.4) is 0 Å². The van der Waals surface area contributed by atoms with Crippen molar-refractivity contribution >= 4 is 27.5 Å². The lowest BCUT2D eigenvalue weighted by molar-refractivity contribution is -0.118. The Morgan fingerprint density at radius 3 is 2.62 bits per heavy atom. The summed E-state index contributed by atoms with van der Waals surface area (Å²) in [6.45, 7) is 0.154. The number of anilines is 1. The van der Waals surface area contributed by atoms with Crippen molar-refractivity contribution in [3.63, 3.8) is 0 Å². The lowest BCUT2D eigenvalue weighted by atomic mass is 10.2. The Morgan fingerprint density at radius 2 is 1.95 bits per heavy atom. The molecule has 0 unspecified atom stereocenters. The third-order valence-electron chi connectivity index (χ3n) is 2.74. The number of para-hydroxylation sites is 1. The standard InChI is InChI=1S/C15H14BrFN2O2/c16-13-3-1-2-10(8-18)15(13)21-9-14(20)19-12-6-4-11(17)5-7-12/h1-7H,8-9,18H2,(H,19,20). The maximum Gasteiger partial charge on any atom is 0.262 e. The van der Waals surface area contributed by atoms with E-state index in [0.717, 1.165) is 10.0 Å². The number of carbonyl (C=O) groups excluding carboxylic acids is 1. The maximum absolute atomic E-state index is 12.8. The summed E-state index contributed by atoms with van der Waals surface area (Å²) in [4.78, 5) is 11.8. The first-order valence-corrected chi connectivity index (χ1v) is 7.05. The molecule has 0 spiro atoms. The zero-order valence-corrected chi connectivity index (χ0v) is 12.7. The number of hydrogen-bond acceptors (Lipinski definition) is 3. The van der Waals surface area contributed by atoms with Crippen molar-refractivity contribution in [3.05, 3.63) is 58.3 Å². The minimum Gasteiger partial charge on any atom is -0.482 e. The maximum atomic E-state index is 12.8. The largest absolute Gasteiger partial charge is 0.482 e. The van der Waals surface area contributed by atoms with E-state index in [0.29, 0.717) is 18.0 Å². The molecular formula is C15H14BrFN2O2. The topological polar surface area (TPSA) is 64.3 Å². The molecule has 110 valence electrons. The predicted octanol–water partition coefficient (Wildman–Crippen LogP) is 3.06. The van der Waals surface area contributed by atoms with Crippen LogP contribution in [-0.4, -0.2) is 12.5 Å². The summed E-state index contributed by atoms with van der Waals surface area (Å²) >= 11 is 3.36. The van der Waals surface area contributed by atoms with Crippen LogP contribution in [0.4, 0.5) is 10.1 Å². The monoisotopic (exact) mass is 352 g/mol. The number of nitrogens with one attached hydrogen (secondary N) is 1. The average molecular weight is 353 g/mol. The molecule has 2 aromatic carbocycles. The van der Waals surface area contributed by atoms with E-state index in [-0.39, 0.29) is 18.3 Å². The number of amides is 1. The molecule has 1 amide bonds. The molecule has 4 nitrogen and oxygen atoms in total. The van der Waals surface area contributed by atoms with Gasteiger partial charge in [0, 0.05) is 17.8 Å². The second-order valence-electron chi connectivity index (χ2n) is 4.28. The Kier molecular flexibility index (Phi) is 5.30. The van der Waals surface area contributed by atoms with Gasteiger partial charge in [-0.3, -0.25) is 4.79 Å². The van der Waals surface area contributed by atoms with E-state index in [2.05, 4.69) is 21.2 Å². The molecule has 21 heavy (non-hydrogen) atoms. The molecule has 0 aliphatic heterocycles. The molecule has 3 N–H and O–H groups in total. The van der Waals surface area contributed by atoms with Crippen molar-refractivity contribution in [3.8, 4) is 5.75 Å². The molecule has 6 heteroatoms. The fourth-order valence-corrected chi connectivity index (χ4v) is 2.27. The Labute approximate surface area is 130 Å². The Balaban J connectivity index is 1.97. The summed E-state index contributed by atoms with van der Waals surface area (Å²) in [7, 11) is 0. The summed E-state index contributed by atoms with van der Waals surface area (Å²) < 4.78 is 19.0. The minimum atomic E-state index is -0.356. The molecule has 2 aromatic rings. The molecule has 0 heterocycles. The molecule has 0 aliphatic carbocycles. The zero-order valence-electron chi connectivity index (χ0n) is 11.1. The third-order valence-corrected chi connectivity index (χ3v) is 3.37. The number of carbonyl (C=O) groups is 1. The molecule has 0 atom stereocenters. The van der Waals surface area contributed by atoms with Crippen molar-refractivity contribution in [1.82, 2.24) is 0 Å². The van der Waals surface area contributed by atoms with Gasteiger partial charge >= 0.3 is 0 Å². The molecule has 0 radical (unpaired) electrons. The molecular weight excluding hydrogens is 339 g/mol. The third kappa shape index (κ3) is 4.27. The Morgan fingerprint density at radius 1 is 1.24 bits per heavy atom. The lowest BCUT2D eigenvalue weighted by Crippen LogP contribution is -2.20. The average Bonchev–Trinajstić information content (AvgIpc) is 2.48. The number of rotatable bonds is 5. The molecule has 0 saturated heterocycles. The van der Waals surface area contributed by atoms with Gasteiger partial charge in [-0.25, -0.2) is 4.39 Å². The van der Waals surface area contributed by atoms with E-state index >= 15 is 0 Å². The molecule has 0 fully saturated rings. The highest BCUT2D eigenvalue weighted by atomic mass is 79.9. The number of hydrogen-bond donors (Lipinski definition) is 2. The number of benzene rings is 2. The quantitative estimate of drug-likeness (QED) is 0.868. The van der Waals surface area contributed by atoms with Gasteiger partial charge in [0.15, 0.2) is 6.61 Å². The molecule has 0 aromatic heterocycles. The van der Waals surface area contributed by atoms with Crippen molar-refractivity contribution in [2.24, 2.45) is 5.73 Å². The van der Waals surface area contributed by atoms with Gasteiger partial charge in [0.2, 0.25) is 0 Å². The summed E-state index contributed by atoms with van der Waals surface area (Å²) in [6.07, 6.45) is 0. The number of halogens is 2. The number of ether oxygens (including phenoxy) is 1. The minimum absolute atomic E-state index is 0.160. The fraction of sp³-hybridized carbons (Fsp3) is 0.133. The summed E-state index contributed by atoms with van der Waals surface area (Å²) in [5.74, 6) is -0.139. The van der Waals surface area contributed by atoms with Crippen LogP contribution in [0.15, 0.2) is 46.9 Å². The smallest absolute Gasteiger partial charge is 0.262 e. The van der Waals surface area contributed by atoms with Gasteiger partial charge in [0.25, 0.3) is 5.91 Å². The summed E-state index contributed by atoms with van der Waals surface area (Å²) in [5.41, 5.74) is 6.94. The van der Waals surface area contributed by atoms with Crippen molar-refractivity contribution < 1.29 is 13.9 Å². The molecule has 0 saturated carbocycles. The van der Waals surface area contributed by atoms with E-state index in [1.54, 1.807) is 0 Å². The van der Waals surface area contributed by atoms with Crippen LogP contribution in [-0.2, 0) is 11.3 Å². The van der Waals surface area contributed by atoms with Gasteiger partial charge in [-0.15, -0.1) is 0 Å². The van der Waals surface area contributed by atoms with E-state index in [1.165, 1.54) is 24.3 Å². The van der Waals surface area contributed by atoms with Gasteiger partial charge in [0.1, 0.15) is 11.6 Å². The Bertz CT molecular complexity index is 632. The van der Waals surface area contributed by atoms with Crippen LogP contribution in [0.5, 0.6) is 5.75 Å². The second-order valence-corrected chi connectivity index (χ2v) is 5.13. The Hall–Kier alpha value is -1.92. The zero-order chi connectivity index (χ0) is 15.2. The predicted molar refractivity (Wildman–Crippen MR) is 82.6 cm³/mol.